The summed E-state index contributed by atoms with van der Waals surface area (Å²) in [5.41, 5.74) is 1.45. The first kappa shape index (κ1) is 26.6. The van der Waals surface area contributed by atoms with Gasteiger partial charge in [-0.2, -0.15) is 0 Å². The Morgan fingerprint density at radius 1 is 0.735 bits per heavy atom. The van der Waals surface area contributed by atoms with Gasteiger partial charge in [-0.15, -0.1) is 0 Å². The van der Waals surface area contributed by atoms with Gasteiger partial charge in [-0.25, -0.2) is 9.59 Å². The molecule has 0 aliphatic rings. The van der Waals surface area contributed by atoms with Crippen LogP contribution in [0.25, 0.3) is 0 Å². The molecule has 0 radical (unpaired) electrons. The number of benzene rings is 2. The molecule has 0 aromatic heterocycles. The Morgan fingerprint density at radius 3 is 2.00 bits per heavy atom. The monoisotopic (exact) mass is 468 g/mol. The van der Waals surface area contributed by atoms with Gasteiger partial charge in [0.05, 0.1) is 25.4 Å². The number of carbonyl (C=O) groups excluding carboxylic acids is 3. The fourth-order valence-corrected chi connectivity index (χ4v) is 3.16. The van der Waals surface area contributed by atoms with Crippen molar-refractivity contribution in [3.8, 4) is 11.5 Å². The molecule has 0 bridgehead atoms. The Bertz CT molecular complexity index is 888. The Labute approximate surface area is 200 Å². The highest BCUT2D eigenvalue weighted by atomic mass is 16.5. The van der Waals surface area contributed by atoms with E-state index in [2.05, 4.69) is 6.58 Å². The zero-order valence-corrected chi connectivity index (χ0v) is 19.4. The van der Waals surface area contributed by atoms with Crippen molar-refractivity contribution in [2.75, 3.05) is 19.8 Å². The van der Waals surface area contributed by atoms with Crippen molar-refractivity contribution in [3.63, 3.8) is 0 Å². The number of ether oxygens (including phenoxy) is 4. The van der Waals surface area contributed by atoms with Crippen LogP contribution in [0.3, 0.4) is 0 Å². The lowest BCUT2D eigenvalue weighted by molar-refractivity contribution is -0.137. The molecule has 2 aromatic rings. The SMILES string of the molecule is C=CC(=O)OCCCCCCCCOc1ccc(C(=O)OCCc2ccc(OC=O)cc2)cc1. The van der Waals surface area contributed by atoms with Crippen LogP contribution < -0.4 is 9.47 Å². The first-order valence-electron chi connectivity index (χ1n) is 11.5. The van der Waals surface area contributed by atoms with Crippen molar-refractivity contribution in [3.05, 3.63) is 72.3 Å². The molecule has 2 rings (SSSR count). The number of carbonyl (C=O) groups is 3. The van der Waals surface area contributed by atoms with Crippen LogP contribution in [-0.2, 0) is 25.5 Å². The van der Waals surface area contributed by atoms with Crippen LogP contribution in [0.15, 0.2) is 61.2 Å². The highest BCUT2D eigenvalue weighted by Crippen LogP contribution is 2.15. The third kappa shape index (κ3) is 10.8. The van der Waals surface area contributed by atoms with Gasteiger partial charge in [0.15, 0.2) is 0 Å². The van der Waals surface area contributed by atoms with Gasteiger partial charge in [-0.3, -0.25) is 4.79 Å². The van der Waals surface area contributed by atoms with E-state index in [9.17, 15) is 14.4 Å². The molecule has 34 heavy (non-hydrogen) atoms. The Balaban J connectivity index is 1.54. The van der Waals surface area contributed by atoms with Gasteiger partial charge in [0.25, 0.3) is 6.47 Å². The Morgan fingerprint density at radius 2 is 1.35 bits per heavy atom. The van der Waals surface area contributed by atoms with Crippen molar-refractivity contribution >= 4 is 18.4 Å². The van der Waals surface area contributed by atoms with Crippen molar-refractivity contribution < 1.29 is 33.3 Å². The maximum atomic E-state index is 12.2. The van der Waals surface area contributed by atoms with E-state index in [1.165, 1.54) is 6.08 Å². The minimum atomic E-state index is -0.383. The molecule has 0 atom stereocenters. The summed E-state index contributed by atoms with van der Waals surface area (Å²) in [7, 11) is 0. The lowest BCUT2D eigenvalue weighted by Gasteiger charge is -2.08. The van der Waals surface area contributed by atoms with Crippen LogP contribution in [0.2, 0.25) is 0 Å². The van der Waals surface area contributed by atoms with Crippen molar-refractivity contribution in [1.82, 2.24) is 0 Å². The Hall–Kier alpha value is -3.61. The van der Waals surface area contributed by atoms with Gasteiger partial charge in [0.2, 0.25) is 0 Å². The summed E-state index contributed by atoms with van der Waals surface area (Å²) in [6.07, 6.45) is 7.89. The van der Waals surface area contributed by atoms with Crippen molar-refractivity contribution in [1.29, 1.82) is 0 Å². The summed E-state index contributed by atoms with van der Waals surface area (Å²) >= 11 is 0. The molecule has 0 saturated carbocycles. The van der Waals surface area contributed by atoms with E-state index >= 15 is 0 Å². The number of unbranched alkanes of at least 4 members (excludes halogenated alkanes) is 5. The van der Waals surface area contributed by atoms with E-state index in [1.54, 1.807) is 36.4 Å². The summed E-state index contributed by atoms with van der Waals surface area (Å²) < 4.78 is 20.8. The highest BCUT2D eigenvalue weighted by Gasteiger charge is 2.07. The molecule has 182 valence electrons. The molecule has 0 fully saturated rings. The maximum absolute atomic E-state index is 12.2. The Kier molecular flexibility index (Phi) is 12.6. The molecule has 0 aliphatic heterocycles. The fourth-order valence-electron chi connectivity index (χ4n) is 3.16. The van der Waals surface area contributed by atoms with E-state index in [0.717, 1.165) is 49.8 Å². The second-order valence-corrected chi connectivity index (χ2v) is 7.61. The first-order valence-corrected chi connectivity index (χ1v) is 11.5. The summed E-state index contributed by atoms with van der Waals surface area (Å²) in [4.78, 5) is 33.4. The molecule has 0 amide bonds. The molecule has 7 heteroatoms. The topological polar surface area (TPSA) is 88.1 Å². The van der Waals surface area contributed by atoms with E-state index in [1.807, 2.05) is 12.1 Å². The van der Waals surface area contributed by atoms with Gasteiger partial charge in [-0.05, 0) is 54.8 Å². The normalized spacial score (nSPS) is 10.2. The highest BCUT2D eigenvalue weighted by molar-refractivity contribution is 5.89. The predicted molar refractivity (Wildman–Crippen MR) is 128 cm³/mol. The van der Waals surface area contributed by atoms with Gasteiger partial charge in [0, 0.05) is 12.5 Å². The smallest absolute Gasteiger partial charge is 0.338 e. The predicted octanol–water partition coefficient (Wildman–Crippen LogP) is 5.07. The quantitative estimate of drug-likeness (QED) is 0.139. The van der Waals surface area contributed by atoms with Crippen LogP contribution >= 0.6 is 0 Å². The molecule has 0 saturated heterocycles. The number of hydrogen-bond donors (Lipinski definition) is 0. The summed E-state index contributed by atoms with van der Waals surface area (Å²) in [5, 5.41) is 0. The molecule has 2 aromatic carbocycles. The molecule has 0 heterocycles. The lowest BCUT2D eigenvalue weighted by atomic mass is 10.1. The molecule has 7 nitrogen and oxygen atoms in total. The van der Waals surface area contributed by atoms with E-state index in [0.29, 0.717) is 37.4 Å². The number of esters is 2. The molecular weight excluding hydrogens is 436 g/mol. The molecule has 0 aliphatic carbocycles. The fraction of sp³-hybridized carbons (Fsp3) is 0.370. The van der Waals surface area contributed by atoms with Crippen LogP contribution in [0.1, 0.15) is 54.4 Å². The second kappa shape index (κ2) is 16.1. The standard InChI is InChI=1S/C27H32O7/c1-2-26(29)32-19-8-6-4-3-5-7-18-31-24-15-11-23(12-16-24)27(30)33-20-17-22-9-13-25(14-10-22)34-21-28/h2,9-16,21H,1,3-8,17-20H2. The zero-order chi connectivity index (χ0) is 24.4. The minimum Gasteiger partial charge on any atom is -0.494 e. The zero-order valence-electron chi connectivity index (χ0n) is 19.4. The average molecular weight is 469 g/mol. The van der Waals surface area contributed by atoms with Gasteiger partial charge >= 0.3 is 11.9 Å². The summed E-state index contributed by atoms with van der Waals surface area (Å²) in [5.74, 6) is 0.442. The lowest BCUT2D eigenvalue weighted by Crippen LogP contribution is -2.08. The van der Waals surface area contributed by atoms with Crippen LogP contribution in [0.5, 0.6) is 11.5 Å². The maximum Gasteiger partial charge on any atom is 0.338 e. The van der Waals surface area contributed by atoms with Gasteiger partial charge in [-0.1, -0.05) is 44.4 Å². The van der Waals surface area contributed by atoms with Crippen molar-refractivity contribution in [2.24, 2.45) is 0 Å². The largest absolute Gasteiger partial charge is 0.494 e. The second-order valence-electron chi connectivity index (χ2n) is 7.61. The van der Waals surface area contributed by atoms with Crippen LogP contribution in [0, 0.1) is 0 Å². The average Bonchev–Trinajstić information content (AvgIpc) is 2.86. The minimum absolute atomic E-state index is 0.255. The van der Waals surface area contributed by atoms with Gasteiger partial charge < -0.3 is 18.9 Å². The van der Waals surface area contributed by atoms with E-state index in [-0.39, 0.29) is 18.5 Å². The molecule has 0 unspecified atom stereocenters. The summed E-state index contributed by atoms with van der Waals surface area (Å²) in [6, 6.07) is 14.0. The molecule has 0 spiro atoms. The number of hydrogen-bond acceptors (Lipinski definition) is 7. The molecule has 0 N–H and O–H groups in total. The third-order valence-electron chi connectivity index (χ3n) is 5.04. The number of rotatable bonds is 17. The van der Waals surface area contributed by atoms with Crippen LogP contribution in [-0.4, -0.2) is 38.2 Å². The molecular formula is C27H32O7. The third-order valence-corrected chi connectivity index (χ3v) is 5.04. The van der Waals surface area contributed by atoms with Crippen LogP contribution in [0.4, 0.5) is 0 Å². The van der Waals surface area contributed by atoms with E-state index in [4.69, 9.17) is 18.9 Å². The van der Waals surface area contributed by atoms with Gasteiger partial charge in [0.1, 0.15) is 11.5 Å². The van der Waals surface area contributed by atoms with Crippen molar-refractivity contribution in [2.45, 2.75) is 44.9 Å². The summed E-state index contributed by atoms with van der Waals surface area (Å²) in [6.45, 7) is 5.07. The first-order chi connectivity index (χ1) is 16.6. The van der Waals surface area contributed by atoms with E-state index < -0.39 is 0 Å².